The van der Waals surface area contributed by atoms with Gasteiger partial charge in [0.05, 0.1) is 33.7 Å². The lowest BCUT2D eigenvalue weighted by Crippen LogP contribution is -2.11. The van der Waals surface area contributed by atoms with Gasteiger partial charge in [0.2, 0.25) is 0 Å². The van der Waals surface area contributed by atoms with Gasteiger partial charge in [-0.3, -0.25) is 19.9 Å². The summed E-state index contributed by atoms with van der Waals surface area (Å²) >= 11 is 1.07. The monoisotopic (exact) mass is 530 g/mol. The SMILES string of the molecule is O=C(Nc1cncc(-c2ccc3[nH]nc(-c4cc5c(-c6ccc(F)s6)nccc5[nH]4)c3c2)c1)c1ccccc1. The standard InChI is InChI=1S/C30H19FN6OS/c31-27-9-8-26(39-27)29-22-14-25(35-23(22)10-11-33-29)28-21-13-18(6-7-24(21)36-37-28)19-12-20(16-32-15-19)34-30(38)17-4-2-1-3-5-17/h1-16,35H,(H,34,38)(H,36,37). The first-order valence-corrected chi connectivity index (χ1v) is 13.0. The lowest BCUT2D eigenvalue weighted by molar-refractivity contribution is 0.102. The van der Waals surface area contributed by atoms with Crippen molar-refractivity contribution in [3.63, 3.8) is 0 Å². The molecule has 0 saturated carbocycles. The van der Waals surface area contributed by atoms with Gasteiger partial charge in [-0.2, -0.15) is 9.49 Å². The Kier molecular flexibility index (Phi) is 5.49. The Hall–Kier alpha value is -5.15. The summed E-state index contributed by atoms with van der Waals surface area (Å²) in [4.78, 5) is 25.7. The second-order valence-corrected chi connectivity index (χ2v) is 10.1. The molecule has 9 heteroatoms. The zero-order valence-electron chi connectivity index (χ0n) is 20.3. The van der Waals surface area contributed by atoms with E-state index in [1.54, 1.807) is 36.8 Å². The lowest BCUT2D eigenvalue weighted by Gasteiger charge is -2.08. The minimum atomic E-state index is -0.247. The molecule has 0 fully saturated rings. The smallest absolute Gasteiger partial charge is 0.255 e. The largest absolute Gasteiger partial charge is 0.353 e. The summed E-state index contributed by atoms with van der Waals surface area (Å²) in [5.74, 6) is -0.194. The second-order valence-electron chi connectivity index (χ2n) is 9.02. The number of hydrogen-bond acceptors (Lipinski definition) is 5. The van der Waals surface area contributed by atoms with Gasteiger partial charge in [0, 0.05) is 39.8 Å². The van der Waals surface area contributed by atoms with Crippen LogP contribution in [0.15, 0.2) is 97.5 Å². The maximum absolute atomic E-state index is 13.7. The number of pyridine rings is 2. The molecule has 7 aromatic rings. The van der Waals surface area contributed by atoms with E-state index in [1.165, 1.54) is 6.07 Å². The number of thiophene rings is 1. The van der Waals surface area contributed by atoms with Gasteiger partial charge >= 0.3 is 0 Å². The van der Waals surface area contributed by atoms with Crippen molar-refractivity contribution in [2.75, 3.05) is 5.32 Å². The molecule has 0 spiro atoms. The molecule has 0 saturated heterocycles. The van der Waals surface area contributed by atoms with Crippen molar-refractivity contribution < 1.29 is 9.18 Å². The first kappa shape index (κ1) is 23.0. The molecule has 2 aromatic carbocycles. The molecule has 0 unspecified atom stereocenters. The molecule has 7 rings (SSSR count). The quantitative estimate of drug-likeness (QED) is 0.218. The van der Waals surface area contributed by atoms with Crippen LogP contribution in [0.2, 0.25) is 0 Å². The summed E-state index contributed by atoms with van der Waals surface area (Å²) in [6.45, 7) is 0. The summed E-state index contributed by atoms with van der Waals surface area (Å²) < 4.78 is 13.7. The van der Waals surface area contributed by atoms with Crippen molar-refractivity contribution in [1.29, 1.82) is 0 Å². The van der Waals surface area contributed by atoms with Crippen LogP contribution >= 0.6 is 11.3 Å². The number of aromatic amines is 2. The Morgan fingerprint density at radius 1 is 0.846 bits per heavy atom. The normalized spacial score (nSPS) is 11.3. The Morgan fingerprint density at radius 3 is 2.56 bits per heavy atom. The number of fused-ring (bicyclic) bond motifs is 2. The highest BCUT2D eigenvalue weighted by Gasteiger charge is 2.16. The van der Waals surface area contributed by atoms with E-state index in [9.17, 15) is 9.18 Å². The maximum Gasteiger partial charge on any atom is 0.255 e. The molecule has 5 aromatic heterocycles. The minimum Gasteiger partial charge on any atom is -0.353 e. The van der Waals surface area contributed by atoms with Crippen molar-refractivity contribution >= 4 is 44.7 Å². The zero-order chi connectivity index (χ0) is 26.3. The number of rotatable bonds is 5. The first-order chi connectivity index (χ1) is 19.1. The molecule has 188 valence electrons. The average Bonchev–Trinajstić information content (AvgIpc) is 3.71. The van der Waals surface area contributed by atoms with E-state index in [1.807, 2.05) is 54.6 Å². The molecule has 0 bridgehead atoms. The number of hydrogen-bond donors (Lipinski definition) is 3. The van der Waals surface area contributed by atoms with Crippen molar-refractivity contribution in [3.05, 3.63) is 108 Å². The summed E-state index contributed by atoms with van der Waals surface area (Å²) in [5, 5.41) is 12.2. The van der Waals surface area contributed by atoms with E-state index in [0.29, 0.717) is 11.3 Å². The van der Waals surface area contributed by atoms with Gasteiger partial charge < -0.3 is 10.3 Å². The number of anilines is 1. The van der Waals surface area contributed by atoms with Crippen LogP contribution < -0.4 is 5.32 Å². The molecular formula is C30H19FN6OS. The molecule has 0 aliphatic carbocycles. The van der Waals surface area contributed by atoms with Crippen molar-refractivity contribution in [3.8, 4) is 33.1 Å². The number of amides is 1. The van der Waals surface area contributed by atoms with Crippen LogP contribution in [-0.4, -0.2) is 31.1 Å². The van der Waals surface area contributed by atoms with Crippen LogP contribution in [0, 0.1) is 5.13 Å². The van der Waals surface area contributed by atoms with Crippen LogP contribution in [0.1, 0.15) is 10.4 Å². The number of H-pyrrole nitrogens is 2. The summed E-state index contributed by atoms with van der Waals surface area (Å²) in [5.41, 5.74) is 7.05. The fraction of sp³-hybridized carbons (Fsp3) is 0. The maximum atomic E-state index is 13.7. The van der Waals surface area contributed by atoms with Gasteiger partial charge in [-0.25, -0.2) is 0 Å². The molecular weight excluding hydrogens is 511 g/mol. The second kappa shape index (κ2) is 9.30. The van der Waals surface area contributed by atoms with Gasteiger partial charge in [0.1, 0.15) is 5.69 Å². The Labute approximate surface area is 225 Å². The summed E-state index contributed by atoms with van der Waals surface area (Å²) in [6, 6.07) is 24.1. The summed E-state index contributed by atoms with van der Waals surface area (Å²) in [6.07, 6.45) is 5.11. The number of carbonyl (C=O) groups excluding carboxylic acids is 1. The third-order valence-electron chi connectivity index (χ3n) is 6.54. The van der Waals surface area contributed by atoms with Crippen LogP contribution in [-0.2, 0) is 0 Å². The number of nitrogens with one attached hydrogen (secondary N) is 3. The average molecular weight is 531 g/mol. The van der Waals surface area contributed by atoms with E-state index >= 15 is 0 Å². The Bertz CT molecular complexity index is 1990. The molecule has 5 heterocycles. The minimum absolute atomic E-state index is 0.194. The third kappa shape index (κ3) is 4.24. The van der Waals surface area contributed by atoms with E-state index in [2.05, 4.69) is 30.5 Å². The Balaban J connectivity index is 1.25. The van der Waals surface area contributed by atoms with E-state index in [4.69, 9.17) is 0 Å². The van der Waals surface area contributed by atoms with Crippen LogP contribution in [0.25, 0.3) is 54.9 Å². The van der Waals surface area contributed by atoms with E-state index in [0.717, 1.165) is 66.2 Å². The van der Waals surface area contributed by atoms with E-state index < -0.39 is 0 Å². The van der Waals surface area contributed by atoms with Crippen LogP contribution in [0.4, 0.5) is 10.1 Å². The fourth-order valence-electron chi connectivity index (χ4n) is 4.68. The molecule has 0 aliphatic rings. The summed E-state index contributed by atoms with van der Waals surface area (Å²) in [7, 11) is 0. The predicted octanol–water partition coefficient (Wildman–Crippen LogP) is 7.29. The van der Waals surface area contributed by atoms with Gasteiger partial charge in [-0.1, -0.05) is 24.3 Å². The van der Waals surface area contributed by atoms with Crippen molar-refractivity contribution in [2.45, 2.75) is 0 Å². The number of halogens is 1. The lowest BCUT2D eigenvalue weighted by atomic mass is 10.0. The molecule has 0 radical (unpaired) electrons. The zero-order valence-corrected chi connectivity index (χ0v) is 21.1. The highest BCUT2D eigenvalue weighted by molar-refractivity contribution is 7.13. The van der Waals surface area contributed by atoms with Crippen molar-refractivity contribution in [1.82, 2.24) is 25.1 Å². The Morgan fingerprint density at radius 2 is 1.72 bits per heavy atom. The fourth-order valence-corrected chi connectivity index (χ4v) is 5.42. The van der Waals surface area contributed by atoms with Gasteiger partial charge in [0.25, 0.3) is 5.91 Å². The van der Waals surface area contributed by atoms with Gasteiger partial charge in [-0.05, 0) is 60.2 Å². The highest BCUT2D eigenvalue weighted by Crippen LogP contribution is 2.36. The van der Waals surface area contributed by atoms with Crippen molar-refractivity contribution in [2.24, 2.45) is 0 Å². The first-order valence-electron chi connectivity index (χ1n) is 12.2. The third-order valence-corrected chi connectivity index (χ3v) is 7.42. The van der Waals surface area contributed by atoms with Gasteiger partial charge in [-0.15, -0.1) is 11.3 Å². The molecule has 0 aliphatic heterocycles. The molecule has 0 atom stereocenters. The molecule has 39 heavy (non-hydrogen) atoms. The number of benzene rings is 2. The molecule has 3 N–H and O–H groups in total. The van der Waals surface area contributed by atoms with Gasteiger partial charge in [0.15, 0.2) is 5.13 Å². The number of carbonyl (C=O) groups is 1. The highest BCUT2D eigenvalue weighted by atomic mass is 32.1. The van der Waals surface area contributed by atoms with Crippen LogP contribution in [0.5, 0.6) is 0 Å². The molecule has 1 amide bonds. The number of nitrogens with zero attached hydrogens (tertiary/aromatic N) is 3. The van der Waals surface area contributed by atoms with E-state index in [-0.39, 0.29) is 11.0 Å². The topological polar surface area (TPSA) is 99.3 Å². The predicted molar refractivity (Wildman–Crippen MR) is 152 cm³/mol. The number of aromatic nitrogens is 5. The molecule has 7 nitrogen and oxygen atoms in total. The van der Waals surface area contributed by atoms with Crippen LogP contribution in [0.3, 0.4) is 0 Å².